The van der Waals surface area contributed by atoms with E-state index in [1.807, 2.05) is 0 Å². The fourth-order valence-corrected chi connectivity index (χ4v) is 3.61. The molecule has 0 aliphatic heterocycles. The van der Waals surface area contributed by atoms with Gasteiger partial charge in [-0.3, -0.25) is 0 Å². The van der Waals surface area contributed by atoms with Crippen molar-refractivity contribution in [2.24, 2.45) is 11.7 Å². The maximum atomic E-state index is 5.85. The zero-order chi connectivity index (χ0) is 12.3. The van der Waals surface area contributed by atoms with Crippen LogP contribution in [0.15, 0.2) is 0 Å². The summed E-state index contributed by atoms with van der Waals surface area (Å²) in [6.45, 7) is 5.95. The first-order valence-corrected chi connectivity index (χ1v) is 7.38. The minimum absolute atomic E-state index is 0.607. The van der Waals surface area contributed by atoms with E-state index in [9.17, 15) is 0 Å². The van der Waals surface area contributed by atoms with Crippen LogP contribution in [0.1, 0.15) is 41.3 Å². The molecule has 1 fully saturated rings. The molecule has 1 aliphatic carbocycles. The Morgan fingerprint density at radius 2 is 2.12 bits per heavy atom. The van der Waals surface area contributed by atoms with Crippen LogP contribution in [0.3, 0.4) is 0 Å². The Morgan fingerprint density at radius 1 is 1.35 bits per heavy atom. The highest BCUT2D eigenvalue weighted by Crippen LogP contribution is 2.24. The van der Waals surface area contributed by atoms with Crippen LogP contribution in [0.4, 0.5) is 0 Å². The molecule has 17 heavy (non-hydrogen) atoms. The molecule has 0 saturated heterocycles. The molecule has 2 rings (SSSR count). The third-order valence-electron chi connectivity index (χ3n) is 3.74. The van der Waals surface area contributed by atoms with E-state index < -0.39 is 0 Å². The summed E-state index contributed by atoms with van der Waals surface area (Å²) >= 11 is 1.81. The van der Waals surface area contributed by atoms with Crippen LogP contribution in [-0.2, 0) is 6.54 Å². The number of aromatic nitrogens is 1. The Hall–Kier alpha value is -0.450. The van der Waals surface area contributed by atoms with Gasteiger partial charge in [0.25, 0.3) is 0 Å². The van der Waals surface area contributed by atoms with Gasteiger partial charge < -0.3 is 11.1 Å². The molecule has 1 saturated carbocycles. The topological polar surface area (TPSA) is 50.9 Å². The first-order valence-electron chi connectivity index (χ1n) is 6.57. The molecule has 96 valence electrons. The number of thiazole rings is 1. The number of aryl methyl sites for hydroxylation is 2. The van der Waals surface area contributed by atoms with E-state index in [0.717, 1.165) is 13.1 Å². The summed E-state index contributed by atoms with van der Waals surface area (Å²) in [5.74, 6) is 0.665. The molecule has 1 aromatic rings. The largest absolute Gasteiger partial charge is 0.330 e. The normalized spacial score (nSPS) is 25.1. The smallest absolute Gasteiger partial charge is 0.0900 e. The Morgan fingerprint density at radius 3 is 2.76 bits per heavy atom. The molecular weight excluding hydrogens is 230 g/mol. The second-order valence-electron chi connectivity index (χ2n) is 5.01. The van der Waals surface area contributed by atoms with Gasteiger partial charge in [-0.1, -0.05) is 12.8 Å². The summed E-state index contributed by atoms with van der Waals surface area (Å²) in [6.07, 6.45) is 5.25. The fraction of sp³-hybridized carbons (Fsp3) is 0.769. The van der Waals surface area contributed by atoms with Crippen LogP contribution in [0.25, 0.3) is 0 Å². The second-order valence-corrected chi connectivity index (χ2v) is 6.30. The molecule has 3 nitrogen and oxygen atoms in total. The van der Waals surface area contributed by atoms with E-state index in [1.54, 1.807) is 11.3 Å². The van der Waals surface area contributed by atoms with Crippen molar-refractivity contribution in [3.8, 4) is 0 Å². The van der Waals surface area contributed by atoms with Crippen molar-refractivity contribution < 1.29 is 0 Å². The van der Waals surface area contributed by atoms with Crippen molar-refractivity contribution in [2.75, 3.05) is 6.54 Å². The van der Waals surface area contributed by atoms with E-state index in [-0.39, 0.29) is 0 Å². The third kappa shape index (κ3) is 3.27. The van der Waals surface area contributed by atoms with Gasteiger partial charge in [-0.15, -0.1) is 11.3 Å². The van der Waals surface area contributed by atoms with Crippen molar-refractivity contribution in [3.05, 3.63) is 15.6 Å². The molecular formula is C13H23N3S. The molecule has 0 radical (unpaired) electrons. The molecule has 1 aliphatic rings. The number of nitrogens with zero attached hydrogens (tertiary/aromatic N) is 1. The monoisotopic (exact) mass is 253 g/mol. The molecule has 4 heteroatoms. The maximum absolute atomic E-state index is 5.85. The number of hydrogen-bond donors (Lipinski definition) is 2. The third-order valence-corrected chi connectivity index (χ3v) is 4.81. The van der Waals surface area contributed by atoms with Crippen molar-refractivity contribution in [2.45, 2.75) is 52.1 Å². The Kier molecular flexibility index (Phi) is 4.54. The molecule has 0 aromatic carbocycles. The summed E-state index contributed by atoms with van der Waals surface area (Å²) in [5, 5.41) is 4.85. The van der Waals surface area contributed by atoms with E-state index in [4.69, 9.17) is 5.73 Å². The van der Waals surface area contributed by atoms with Crippen molar-refractivity contribution in [1.29, 1.82) is 0 Å². The summed E-state index contributed by atoms with van der Waals surface area (Å²) in [7, 11) is 0. The van der Waals surface area contributed by atoms with Gasteiger partial charge in [0, 0.05) is 17.5 Å². The van der Waals surface area contributed by atoms with Crippen molar-refractivity contribution in [1.82, 2.24) is 10.3 Å². The zero-order valence-electron chi connectivity index (χ0n) is 10.8. The Labute approximate surface area is 108 Å². The molecule has 2 unspecified atom stereocenters. The van der Waals surface area contributed by atoms with E-state index in [2.05, 4.69) is 24.1 Å². The summed E-state index contributed by atoms with van der Waals surface area (Å²) in [4.78, 5) is 5.85. The summed E-state index contributed by atoms with van der Waals surface area (Å²) < 4.78 is 0. The van der Waals surface area contributed by atoms with E-state index in [1.165, 1.54) is 41.3 Å². The van der Waals surface area contributed by atoms with Gasteiger partial charge in [-0.05, 0) is 39.2 Å². The van der Waals surface area contributed by atoms with Gasteiger partial charge >= 0.3 is 0 Å². The molecule has 3 N–H and O–H groups in total. The molecule has 0 amide bonds. The van der Waals surface area contributed by atoms with Crippen LogP contribution in [0, 0.1) is 19.8 Å². The lowest BCUT2D eigenvalue weighted by molar-refractivity contribution is 0.267. The molecule has 0 bridgehead atoms. The maximum Gasteiger partial charge on any atom is 0.0900 e. The molecule has 1 heterocycles. The molecule has 1 aromatic heterocycles. The van der Waals surface area contributed by atoms with Gasteiger partial charge in [0.2, 0.25) is 0 Å². The quantitative estimate of drug-likeness (QED) is 0.866. The van der Waals surface area contributed by atoms with Gasteiger partial charge in [0.15, 0.2) is 0 Å². The number of hydrogen-bond acceptors (Lipinski definition) is 4. The van der Waals surface area contributed by atoms with Gasteiger partial charge in [-0.2, -0.15) is 0 Å². The lowest BCUT2D eigenvalue weighted by atomic mass is 9.84. The van der Waals surface area contributed by atoms with Gasteiger partial charge in [0.05, 0.1) is 10.7 Å². The Balaban J connectivity index is 1.90. The highest BCUT2D eigenvalue weighted by atomic mass is 32.1. The zero-order valence-corrected chi connectivity index (χ0v) is 11.6. The lowest BCUT2D eigenvalue weighted by Crippen LogP contribution is -2.41. The van der Waals surface area contributed by atoms with E-state index in [0.29, 0.717) is 12.0 Å². The first kappa shape index (κ1) is 13.0. The van der Waals surface area contributed by atoms with Crippen LogP contribution >= 0.6 is 11.3 Å². The van der Waals surface area contributed by atoms with Crippen LogP contribution in [0.2, 0.25) is 0 Å². The number of rotatable bonds is 4. The fourth-order valence-electron chi connectivity index (χ4n) is 2.72. The highest BCUT2D eigenvalue weighted by molar-refractivity contribution is 7.11. The molecule has 2 atom stereocenters. The molecule has 0 spiro atoms. The average Bonchev–Trinajstić information content (AvgIpc) is 2.65. The van der Waals surface area contributed by atoms with Crippen LogP contribution in [-0.4, -0.2) is 17.6 Å². The number of nitrogens with two attached hydrogens (primary N) is 1. The SMILES string of the molecule is Cc1nc(C)c(CNC2CCCCC2CN)s1. The average molecular weight is 253 g/mol. The lowest BCUT2D eigenvalue weighted by Gasteiger charge is -2.31. The number of nitrogens with one attached hydrogen (secondary N) is 1. The van der Waals surface area contributed by atoms with Crippen LogP contribution < -0.4 is 11.1 Å². The van der Waals surface area contributed by atoms with Gasteiger partial charge in [0.1, 0.15) is 0 Å². The van der Waals surface area contributed by atoms with Crippen molar-refractivity contribution >= 4 is 11.3 Å². The highest BCUT2D eigenvalue weighted by Gasteiger charge is 2.23. The minimum atomic E-state index is 0.607. The first-order chi connectivity index (χ1) is 8.20. The second kappa shape index (κ2) is 5.94. The summed E-state index contributed by atoms with van der Waals surface area (Å²) in [5.41, 5.74) is 7.03. The predicted octanol–water partition coefficient (Wildman–Crippen LogP) is 2.37. The summed E-state index contributed by atoms with van der Waals surface area (Å²) in [6, 6.07) is 0.607. The van der Waals surface area contributed by atoms with Crippen molar-refractivity contribution in [3.63, 3.8) is 0 Å². The minimum Gasteiger partial charge on any atom is -0.330 e. The van der Waals surface area contributed by atoms with Crippen LogP contribution in [0.5, 0.6) is 0 Å². The predicted molar refractivity (Wildman–Crippen MR) is 73.2 cm³/mol. The standard InChI is InChI=1S/C13H23N3S/c1-9-13(17-10(2)16-9)8-15-12-6-4-3-5-11(12)7-14/h11-12,15H,3-8,14H2,1-2H3. The van der Waals surface area contributed by atoms with E-state index >= 15 is 0 Å². The Bertz CT molecular complexity index is 362. The van der Waals surface area contributed by atoms with Gasteiger partial charge in [-0.25, -0.2) is 4.98 Å².